The Labute approximate surface area is 173 Å². The van der Waals surface area contributed by atoms with Gasteiger partial charge < -0.3 is 19.5 Å². The average Bonchev–Trinajstić information content (AvgIpc) is 2.75. The lowest BCUT2D eigenvalue weighted by Crippen LogP contribution is -2.24. The molecule has 0 aliphatic rings. The Morgan fingerprint density at radius 3 is 2.07 bits per heavy atom. The minimum atomic E-state index is -2.51. The number of ether oxygens (including phenoxy) is 2. The van der Waals surface area contributed by atoms with Gasteiger partial charge in [0.05, 0.1) is 14.2 Å². The number of nitrogens with zero attached hydrogens (tertiary/aromatic N) is 3. The molecule has 0 saturated carbocycles. The summed E-state index contributed by atoms with van der Waals surface area (Å²) in [6, 6.07) is 14.4. The molecular weight excluding hydrogens is 392 g/mol. The highest BCUT2D eigenvalue weighted by molar-refractivity contribution is 5.40. The van der Waals surface area contributed by atoms with E-state index in [0.29, 0.717) is 19.0 Å². The van der Waals surface area contributed by atoms with Crippen LogP contribution in [-0.2, 0) is 19.5 Å². The first kappa shape index (κ1) is 21.3. The van der Waals surface area contributed by atoms with Crippen molar-refractivity contribution in [1.29, 1.82) is 0 Å². The van der Waals surface area contributed by atoms with Gasteiger partial charge in [0.15, 0.2) is 0 Å². The van der Waals surface area contributed by atoms with E-state index in [2.05, 4.69) is 9.97 Å². The molecule has 0 aliphatic carbocycles. The fourth-order valence-electron chi connectivity index (χ4n) is 2.99. The number of anilines is 1. The summed E-state index contributed by atoms with van der Waals surface area (Å²) in [4.78, 5) is 10.6. The van der Waals surface area contributed by atoms with E-state index in [0.717, 1.165) is 16.9 Å². The van der Waals surface area contributed by atoms with Gasteiger partial charge in [-0.2, -0.15) is 4.98 Å². The van der Waals surface area contributed by atoms with Crippen LogP contribution in [0.25, 0.3) is 0 Å². The van der Waals surface area contributed by atoms with E-state index in [1.165, 1.54) is 13.3 Å². The van der Waals surface area contributed by atoms with Crippen molar-refractivity contribution in [1.82, 2.24) is 9.97 Å². The maximum absolute atomic E-state index is 12.8. The molecule has 158 valence electrons. The van der Waals surface area contributed by atoms with E-state index < -0.39 is 12.8 Å². The predicted octanol–water partition coefficient (Wildman–Crippen LogP) is 4.21. The van der Waals surface area contributed by atoms with Crippen LogP contribution in [0.15, 0.2) is 54.7 Å². The highest BCUT2D eigenvalue weighted by Crippen LogP contribution is 2.24. The van der Waals surface area contributed by atoms with E-state index in [1.807, 2.05) is 29.2 Å². The maximum atomic E-state index is 12.8. The highest BCUT2D eigenvalue weighted by atomic mass is 19.3. The Morgan fingerprint density at radius 2 is 1.53 bits per heavy atom. The summed E-state index contributed by atoms with van der Waals surface area (Å²) < 4.78 is 36.1. The standard InChI is InChI=1S/C22H23F2N3O3/c1-29-19-9-5-16(6-10-19)14-27(13-15-3-7-18(28)8-4-15)22-25-12-17(11-20(23)24)21(26-22)30-2/h3-10,12,20,28H,11,13-14H2,1-2H3. The van der Waals surface area contributed by atoms with Crippen molar-refractivity contribution in [3.63, 3.8) is 0 Å². The van der Waals surface area contributed by atoms with E-state index in [4.69, 9.17) is 9.47 Å². The number of hydrogen-bond acceptors (Lipinski definition) is 6. The average molecular weight is 415 g/mol. The minimum Gasteiger partial charge on any atom is -0.508 e. The van der Waals surface area contributed by atoms with Gasteiger partial charge in [0.1, 0.15) is 11.5 Å². The number of halogens is 2. The molecule has 6 nitrogen and oxygen atoms in total. The molecule has 0 fully saturated rings. The van der Waals surface area contributed by atoms with Gasteiger partial charge in [-0.25, -0.2) is 13.8 Å². The van der Waals surface area contributed by atoms with Gasteiger partial charge in [0.25, 0.3) is 0 Å². The number of benzene rings is 2. The van der Waals surface area contributed by atoms with Crippen molar-refractivity contribution in [2.45, 2.75) is 25.9 Å². The quantitative estimate of drug-likeness (QED) is 0.565. The van der Waals surface area contributed by atoms with Crippen LogP contribution < -0.4 is 14.4 Å². The molecule has 1 N–H and O–H groups in total. The van der Waals surface area contributed by atoms with Gasteiger partial charge in [-0.05, 0) is 35.4 Å². The lowest BCUT2D eigenvalue weighted by atomic mass is 10.1. The third-order valence-corrected chi connectivity index (χ3v) is 4.50. The number of alkyl halides is 2. The summed E-state index contributed by atoms with van der Waals surface area (Å²) in [5.41, 5.74) is 2.18. The summed E-state index contributed by atoms with van der Waals surface area (Å²) in [5.74, 6) is 1.41. The second-order valence-corrected chi connectivity index (χ2v) is 6.67. The fraction of sp³-hybridized carbons (Fsp3) is 0.273. The molecule has 0 bridgehead atoms. The molecular formula is C22H23F2N3O3. The Bertz CT molecular complexity index is 951. The molecule has 0 atom stereocenters. The van der Waals surface area contributed by atoms with Crippen molar-refractivity contribution < 1.29 is 23.4 Å². The Balaban J connectivity index is 1.91. The molecule has 3 rings (SSSR count). The number of rotatable bonds is 9. The number of methoxy groups -OCH3 is 2. The van der Waals surface area contributed by atoms with Gasteiger partial charge in [0, 0.05) is 31.3 Å². The molecule has 2 aromatic carbocycles. The summed E-state index contributed by atoms with van der Waals surface area (Å²) in [5, 5.41) is 9.54. The summed E-state index contributed by atoms with van der Waals surface area (Å²) >= 11 is 0. The predicted molar refractivity (Wildman–Crippen MR) is 109 cm³/mol. The summed E-state index contributed by atoms with van der Waals surface area (Å²) in [7, 11) is 3.00. The molecule has 0 saturated heterocycles. The lowest BCUT2D eigenvalue weighted by molar-refractivity contribution is 0.147. The number of aromatic hydroxyl groups is 1. The molecule has 1 heterocycles. The maximum Gasteiger partial charge on any atom is 0.242 e. The number of hydrogen-bond donors (Lipinski definition) is 1. The smallest absolute Gasteiger partial charge is 0.242 e. The van der Waals surface area contributed by atoms with Crippen molar-refractivity contribution in [3.05, 3.63) is 71.4 Å². The Hall–Kier alpha value is -3.42. The Morgan fingerprint density at radius 1 is 0.933 bits per heavy atom. The lowest BCUT2D eigenvalue weighted by Gasteiger charge is -2.24. The number of phenolic OH excluding ortho intramolecular Hbond substituents is 1. The van der Waals surface area contributed by atoms with Crippen LogP contribution in [0.1, 0.15) is 16.7 Å². The summed E-state index contributed by atoms with van der Waals surface area (Å²) in [6.45, 7) is 0.922. The van der Waals surface area contributed by atoms with Gasteiger partial charge in [-0.15, -0.1) is 0 Å². The molecule has 0 unspecified atom stereocenters. The summed E-state index contributed by atoms with van der Waals surface area (Å²) in [6.07, 6.45) is -1.61. The van der Waals surface area contributed by atoms with Crippen molar-refractivity contribution in [2.75, 3.05) is 19.1 Å². The first-order valence-electron chi connectivity index (χ1n) is 9.32. The van der Waals surface area contributed by atoms with Crippen LogP contribution >= 0.6 is 0 Å². The third-order valence-electron chi connectivity index (χ3n) is 4.50. The molecule has 0 spiro atoms. The van der Waals surface area contributed by atoms with Gasteiger partial charge in [0.2, 0.25) is 18.3 Å². The first-order chi connectivity index (χ1) is 14.5. The molecule has 0 amide bonds. The second-order valence-electron chi connectivity index (χ2n) is 6.67. The molecule has 1 aromatic heterocycles. The van der Waals surface area contributed by atoms with Crippen LogP contribution in [0, 0.1) is 0 Å². The van der Waals surface area contributed by atoms with Crippen LogP contribution in [0.3, 0.4) is 0 Å². The van der Waals surface area contributed by atoms with Gasteiger partial charge in [-0.1, -0.05) is 24.3 Å². The Kier molecular flexibility index (Phi) is 7.00. The second kappa shape index (κ2) is 9.87. The van der Waals surface area contributed by atoms with E-state index in [1.54, 1.807) is 31.4 Å². The van der Waals surface area contributed by atoms with Crippen LogP contribution in [-0.4, -0.2) is 35.7 Å². The molecule has 3 aromatic rings. The topological polar surface area (TPSA) is 67.7 Å². The van der Waals surface area contributed by atoms with E-state index in [-0.39, 0.29) is 17.2 Å². The molecule has 8 heteroatoms. The zero-order valence-electron chi connectivity index (χ0n) is 16.8. The third kappa shape index (κ3) is 5.56. The van der Waals surface area contributed by atoms with Crippen LogP contribution in [0.5, 0.6) is 17.4 Å². The zero-order chi connectivity index (χ0) is 21.5. The van der Waals surface area contributed by atoms with Crippen LogP contribution in [0.2, 0.25) is 0 Å². The van der Waals surface area contributed by atoms with Crippen molar-refractivity contribution in [3.8, 4) is 17.4 Å². The monoisotopic (exact) mass is 415 g/mol. The fourth-order valence-corrected chi connectivity index (χ4v) is 2.99. The van der Waals surface area contributed by atoms with Gasteiger partial charge >= 0.3 is 0 Å². The van der Waals surface area contributed by atoms with Crippen molar-refractivity contribution >= 4 is 5.95 Å². The normalized spacial score (nSPS) is 10.8. The first-order valence-corrected chi connectivity index (χ1v) is 9.32. The highest BCUT2D eigenvalue weighted by Gasteiger charge is 2.17. The van der Waals surface area contributed by atoms with E-state index >= 15 is 0 Å². The zero-order valence-corrected chi connectivity index (χ0v) is 16.8. The van der Waals surface area contributed by atoms with E-state index in [9.17, 15) is 13.9 Å². The largest absolute Gasteiger partial charge is 0.508 e. The van der Waals surface area contributed by atoms with Gasteiger partial charge in [-0.3, -0.25) is 0 Å². The number of aromatic nitrogens is 2. The molecule has 0 aliphatic heterocycles. The SMILES string of the molecule is COc1ccc(CN(Cc2ccc(O)cc2)c2ncc(CC(F)F)c(OC)n2)cc1. The van der Waals surface area contributed by atoms with Crippen molar-refractivity contribution in [2.24, 2.45) is 0 Å². The minimum absolute atomic E-state index is 0.130. The molecule has 30 heavy (non-hydrogen) atoms. The van der Waals surface area contributed by atoms with Crippen LogP contribution in [0.4, 0.5) is 14.7 Å². The number of phenols is 1. The molecule has 0 radical (unpaired) electrons.